The fourth-order valence-electron chi connectivity index (χ4n) is 0.792. The molecule has 1 aromatic carbocycles. The van der Waals surface area contributed by atoms with Crippen molar-refractivity contribution in [2.75, 3.05) is 5.94 Å². The van der Waals surface area contributed by atoms with E-state index >= 15 is 0 Å². The van der Waals surface area contributed by atoms with Gasteiger partial charge in [-0.15, -0.1) is 0 Å². The van der Waals surface area contributed by atoms with Crippen molar-refractivity contribution in [1.82, 2.24) is 0 Å². The number of hydrogen-bond donors (Lipinski definition) is 1. The standard InChI is InChI=1S/C10H13NO2S/c1-8(2)11-14-7-13-10-5-3-9(12)4-6-10/h3-6,12H,7H2,1-2H3. The molecule has 0 unspecified atom stereocenters. The quantitative estimate of drug-likeness (QED) is 0.360. The van der Waals surface area contributed by atoms with Crippen LogP contribution in [-0.4, -0.2) is 16.8 Å². The Kier molecular flexibility index (Phi) is 4.32. The van der Waals surface area contributed by atoms with Crippen LogP contribution in [0.3, 0.4) is 0 Å². The normalized spacial score (nSPS) is 9.57. The number of nitrogens with zero attached hydrogens (tertiary/aromatic N) is 1. The van der Waals surface area contributed by atoms with Gasteiger partial charge in [-0.05, 0) is 38.1 Å². The average Bonchev–Trinajstić information content (AvgIpc) is 2.15. The summed E-state index contributed by atoms with van der Waals surface area (Å²) in [4.78, 5) is 0. The third kappa shape index (κ3) is 4.18. The fraction of sp³-hybridized carbons (Fsp3) is 0.300. The highest BCUT2D eigenvalue weighted by Gasteiger charge is 1.93. The van der Waals surface area contributed by atoms with Crippen molar-refractivity contribution in [2.45, 2.75) is 13.8 Å². The lowest BCUT2D eigenvalue weighted by Crippen LogP contribution is -1.91. The van der Waals surface area contributed by atoms with Crippen LogP contribution in [0.4, 0.5) is 0 Å². The third-order valence-corrected chi connectivity index (χ3v) is 2.08. The first-order chi connectivity index (χ1) is 6.68. The zero-order chi connectivity index (χ0) is 10.4. The molecule has 0 aliphatic carbocycles. The Hall–Kier alpha value is -1.16. The summed E-state index contributed by atoms with van der Waals surface area (Å²) in [5.74, 6) is 1.46. The lowest BCUT2D eigenvalue weighted by atomic mass is 10.3. The van der Waals surface area contributed by atoms with Crippen LogP contribution in [0, 0.1) is 0 Å². The second kappa shape index (κ2) is 5.54. The molecule has 0 fully saturated rings. The van der Waals surface area contributed by atoms with Crippen molar-refractivity contribution < 1.29 is 9.84 Å². The predicted molar refractivity (Wildman–Crippen MR) is 60.0 cm³/mol. The molecule has 4 heteroatoms. The van der Waals surface area contributed by atoms with Crippen molar-refractivity contribution in [3.8, 4) is 11.5 Å². The summed E-state index contributed by atoms with van der Waals surface area (Å²) < 4.78 is 9.47. The molecular weight excluding hydrogens is 198 g/mol. The van der Waals surface area contributed by atoms with Gasteiger partial charge in [-0.25, -0.2) is 4.40 Å². The highest BCUT2D eigenvalue weighted by Crippen LogP contribution is 2.17. The maximum Gasteiger partial charge on any atom is 0.155 e. The maximum absolute atomic E-state index is 9.02. The molecule has 0 radical (unpaired) electrons. The first-order valence-corrected chi connectivity index (χ1v) is 5.18. The van der Waals surface area contributed by atoms with E-state index in [0.29, 0.717) is 5.94 Å². The summed E-state index contributed by atoms with van der Waals surface area (Å²) >= 11 is 1.36. The summed E-state index contributed by atoms with van der Waals surface area (Å²) in [6.07, 6.45) is 0. The highest BCUT2D eigenvalue weighted by molar-refractivity contribution is 7.98. The van der Waals surface area contributed by atoms with E-state index in [2.05, 4.69) is 4.40 Å². The van der Waals surface area contributed by atoms with E-state index in [0.717, 1.165) is 11.5 Å². The first-order valence-electron chi connectivity index (χ1n) is 4.23. The number of rotatable bonds is 4. The van der Waals surface area contributed by atoms with Gasteiger partial charge in [0.2, 0.25) is 0 Å². The Labute approximate surface area is 88.0 Å². The molecule has 1 aromatic rings. The molecule has 0 bridgehead atoms. The molecule has 1 N–H and O–H groups in total. The van der Waals surface area contributed by atoms with Crippen LogP contribution in [0.5, 0.6) is 11.5 Å². The van der Waals surface area contributed by atoms with Gasteiger partial charge in [0.05, 0.1) is 0 Å². The molecule has 0 aliphatic heterocycles. The number of phenols is 1. The van der Waals surface area contributed by atoms with E-state index in [9.17, 15) is 0 Å². The number of phenolic OH excluding ortho intramolecular Hbond substituents is 1. The number of hydrogen-bond acceptors (Lipinski definition) is 4. The molecule has 0 heterocycles. The van der Waals surface area contributed by atoms with E-state index in [4.69, 9.17) is 9.84 Å². The topological polar surface area (TPSA) is 41.8 Å². The van der Waals surface area contributed by atoms with Crippen molar-refractivity contribution in [3.05, 3.63) is 24.3 Å². The van der Waals surface area contributed by atoms with E-state index in [1.807, 2.05) is 13.8 Å². The third-order valence-electron chi connectivity index (χ3n) is 1.36. The Bertz CT molecular complexity index is 304. The zero-order valence-corrected chi connectivity index (χ0v) is 9.04. The van der Waals surface area contributed by atoms with E-state index in [1.54, 1.807) is 24.3 Å². The molecule has 0 spiro atoms. The lowest BCUT2D eigenvalue weighted by molar-refractivity contribution is 0.391. The Morgan fingerprint density at radius 2 is 2.00 bits per heavy atom. The van der Waals surface area contributed by atoms with Crippen molar-refractivity contribution in [3.63, 3.8) is 0 Å². The van der Waals surface area contributed by atoms with Gasteiger partial charge in [0.15, 0.2) is 5.94 Å². The molecule has 0 saturated carbocycles. The summed E-state index contributed by atoms with van der Waals surface area (Å²) in [6.45, 7) is 3.88. The van der Waals surface area contributed by atoms with Gasteiger partial charge in [0.1, 0.15) is 11.5 Å². The molecule has 0 amide bonds. The van der Waals surface area contributed by atoms with E-state index < -0.39 is 0 Å². The Morgan fingerprint density at radius 1 is 1.36 bits per heavy atom. The van der Waals surface area contributed by atoms with Crippen LogP contribution in [0.1, 0.15) is 13.8 Å². The van der Waals surface area contributed by atoms with Gasteiger partial charge in [0, 0.05) is 17.7 Å². The Morgan fingerprint density at radius 3 is 2.57 bits per heavy atom. The molecule has 1 rings (SSSR count). The van der Waals surface area contributed by atoms with Crippen molar-refractivity contribution in [1.29, 1.82) is 0 Å². The van der Waals surface area contributed by atoms with Gasteiger partial charge >= 0.3 is 0 Å². The van der Waals surface area contributed by atoms with Crippen LogP contribution in [0.25, 0.3) is 0 Å². The summed E-state index contributed by atoms with van der Waals surface area (Å²) in [6, 6.07) is 6.62. The van der Waals surface area contributed by atoms with Crippen LogP contribution >= 0.6 is 11.9 Å². The van der Waals surface area contributed by atoms with Crippen molar-refractivity contribution in [2.24, 2.45) is 4.40 Å². The minimum Gasteiger partial charge on any atom is -0.508 e. The molecule has 0 saturated heterocycles. The van der Waals surface area contributed by atoms with Gasteiger partial charge < -0.3 is 9.84 Å². The average molecular weight is 211 g/mol. The van der Waals surface area contributed by atoms with Gasteiger partial charge in [-0.1, -0.05) is 0 Å². The monoisotopic (exact) mass is 211 g/mol. The summed E-state index contributed by atoms with van der Waals surface area (Å²) in [5.41, 5.74) is 1.02. The largest absolute Gasteiger partial charge is 0.508 e. The van der Waals surface area contributed by atoms with Crippen molar-refractivity contribution >= 4 is 17.7 Å². The Balaban J connectivity index is 2.32. The highest BCUT2D eigenvalue weighted by atomic mass is 32.2. The zero-order valence-electron chi connectivity index (χ0n) is 8.23. The second-order valence-corrected chi connectivity index (χ2v) is 3.60. The molecule has 0 atom stereocenters. The number of benzene rings is 1. The van der Waals surface area contributed by atoms with E-state index in [1.165, 1.54) is 11.9 Å². The molecule has 76 valence electrons. The number of ether oxygens (including phenoxy) is 1. The molecule has 0 aliphatic rings. The molecule has 0 aromatic heterocycles. The fourth-order valence-corrected chi connectivity index (χ4v) is 1.29. The minimum absolute atomic E-state index is 0.243. The number of aromatic hydroxyl groups is 1. The smallest absolute Gasteiger partial charge is 0.155 e. The van der Waals surface area contributed by atoms with Gasteiger partial charge in [0.25, 0.3) is 0 Å². The van der Waals surface area contributed by atoms with Gasteiger partial charge in [-0.3, -0.25) is 0 Å². The van der Waals surface area contributed by atoms with Crippen LogP contribution in [-0.2, 0) is 0 Å². The summed E-state index contributed by atoms with van der Waals surface area (Å²) in [5, 5.41) is 9.02. The molecule has 14 heavy (non-hydrogen) atoms. The minimum atomic E-state index is 0.243. The van der Waals surface area contributed by atoms with Gasteiger partial charge in [-0.2, -0.15) is 0 Å². The maximum atomic E-state index is 9.02. The van der Waals surface area contributed by atoms with Crippen LogP contribution in [0.2, 0.25) is 0 Å². The summed E-state index contributed by atoms with van der Waals surface area (Å²) in [7, 11) is 0. The SMILES string of the molecule is CC(C)=NSCOc1ccc(O)cc1. The first kappa shape index (κ1) is 10.9. The molecule has 3 nitrogen and oxygen atoms in total. The van der Waals surface area contributed by atoms with E-state index in [-0.39, 0.29) is 5.75 Å². The lowest BCUT2D eigenvalue weighted by Gasteiger charge is -2.03. The second-order valence-electron chi connectivity index (χ2n) is 2.92. The van der Waals surface area contributed by atoms with Crippen LogP contribution < -0.4 is 4.74 Å². The van der Waals surface area contributed by atoms with Crippen LogP contribution in [0.15, 0.2) is 28.7 Å². The molecular formula is C10H13NO2S. The predicted octanol–water partition coefficient (Wildman–Crippen LogP) is 2.86.